The van der Waals surface area contributed by atoms with Crippen LogP contribution >= 0.6 is 27.7 Å². The van der Waals surface area contributed by atoms with Crippen molar-refractivity contribution in [1.29, 1.82) is 5.26 Å². The Hall–Kier alpha value is -4.01. The third-order valence-corrected chi connectivity index (χ3v) is 7.03. The lowest BCUT2D eigenvalue weighted by Gasteiger charge is -2.18. The van der Waals surface area contributed by atoms with E-state index in [1.54, 1.807) is 30.3 Å². The standard InChI is InChI=1S/C25H16BrFN4O4S/c26-16-4-8-18(9-5-16)29-23(32)21(14-28)25-30(19-10-6-17(27)7-11-19)24(33)22(36-25)13-15-2-1-3-20(12-15)31(34)35/h1-12,22H,13H2,(H,29,32)/b25-21-/t22-/m1/s1. The van der Waals surface area contributed by atoms with Crippen molar-refractivity contribution in [2.24, 2.45) is 0 Å². The molecule has 0 bridgehead atoms. The van der Waals surface area contributed by atoms with Gasteiger partial charge in [0.15, 0.2) is 0 Å². The first-order chi connectivity index (χ1) is 17.3. The molecular weight excluding hydrogens is 551 g/mol. The summed E-state index contributed by atoms with van der Waals surface area (Å²) in [6, 6.07) is 19.7. The Labute approximate surface area is 217 Å². The summed E-state index contributed by atoms with van der Waals surface area (Å²) in [7, 11) is 0. The second kappa shape index (κ2) is 10.7. The summed E-state index contributed by atoms with van der Waals surface area (Å²) in [4.78, 5) is 38.3. The summed E-state index contributed by atoms with van der Waals surface area (Å²) in [5, 5.41) is 23.0. The van der Waals surface area contributed by atoms with Crippen LogP contribution in [0.1, 0.15) is 5.56 Å². The maximum Gasteiger partial charge on any atom is 0.269 e. The van der Waals surface area contributed by atoms with Gasteiger partial charge in [0.1, 0.15) is 22.5 Å². The van der Waals surface area contributed by atoms with E-state index in [0.717, 1.165) is 16.2 Å². The molecule has 0 saturated carbocycles. The minimum Gasteiger partial charge on any atom is -0.321 e. The van der Waals surface area contributed by atoms with Gasteiger partial charge in [-0.25, -0.2) is 4.39 Å². The molecule has 1 aliphatic rings. The Morgan fingerprint density at radius 3 is 2.50 bits per heavy atom. The molecule has 1 fully saturated rings. The van der Waals surface area contributed by atoms with Gasteiger partial charge >= 0.3 is 0 Å². The van der Waals surface area contributed by atoms with Crippen molar-refractivity contribution in [3.8, 4) is 6.07 Å². The Bertz CT molecular complexity index is 1420. The molecule has 3 aromatic carbocycles. The highest BCUT2D eigenvalue weighted by Gasteiger charge is 2.41. The zero-order valence-electron chi connectivity index (χ0n) is 18.4. The van der Waals surface area contributed by atoms with E-state index < -0.39 is 27.8 Å². The summed E-state index contributed by atoms with van der Waals surface area (Å²) in [6.45, 7) is 0. The van der Waals surface area contributed by atoms with Crippen molar-refractivity contribution in [1.82, 2.24) is 0 Å². The van der Waals surface area contributed by atoms with E-state index in [9.17, 15) is 29.4 Å². The maximum atomic E-state index is 13.6. The molecule has 1 N–H and O–H groups in total. The van der Waals surface area contributed by atoms with Gasteiger partial charge in [-0.1, -0.05) is 39.8 Å². The van der Waals surface area contributed by atoms with Gasteiger partial charge in [-0.3, -0.25) is 24.6 Å². The second-order valence-corrected chi connectivity index (χ2v) is 9.75. The van der Waals surface area contributed by atoms with Crippen molar-refractivity contribution in [2.45, 2.75) is 11.7 Å². The van der Waals surface area contributed by atoms with Gasteiger partial charge < -0.3 is 5.32 Å². The van der Waals surface area contributed by atoms with Gasteiger partial charge in [0.25, 0.3) is 11.6 Å². The molecule has 36 heavy (non-hydrogen) atoms. The summed E-state index contributed by atoms with van der Waals surface area (Å²) in [6.07, 6.45) is 0.124. The number of anilines is 2. The lowest BCUT2D eigenvalue weighted by atomic mass is 10.1. The van der Waals surface area contributed by atoms with Crippen LogP contribution < -0.4 is 10.2 Å². The van der Waals surface area contributed by atoms with E-state index in [2.05, 4.69) is 21.2 Å². The summed E-state index contributed by atoms with van der Waals surface area (Å²) in [5.74, 6) is -1.65. The SMILES string of the molecule is N#C/C(C(=O)Nc1ccc(Br)cc1)=C1/S[C@H](Cc2cccc([N+](=O)[O-])c2)C(=O)N1c1ccc(F)cc1. The zero-order chi connectivity index (χ0) is 25.8. The molecule has 3 aromatic rings. The molecule has 2 amide bonds. The van der Waals surface area contributed by atoms with E-state index >= 15 is 0 Å². The van der Waals surface area contributed by atoms with E-state index in [1.807, 2.05) is 6.07 Å². The molecule has 0 unspecified atom stereocenters. The number of hydrogen-bond donors (Lipinski definition) is 1. The van der Waals surface area contributed by atoms with Gasteiger partial charge in [-0.15, -0.1) is 0 Å². The third-order valence-electron chi connectivity index (χ3n) is 5.23. The Kier molecular flexibility index (Phi) is 7.47. The molecule has 4 rings (SSSR count). The Morgan fingerprint density at radius 2 is 1.86 bits per heavy atom. The van der Waals surface area contributed by atoms with Crippen molar-refractivity contribution < 1.29 is 18.9 Å². The third kappa shape index (κ3) is 5.45. The molecule has 1 heterocycles. The first-order valence-electron chi connectivity index (χ1n) is 10.5. The average Bonchev–Trinajstić information content (AvgIpc) is 3.17. The number of amides is 2. The van der Waals surface area contributed by atoms with Gasteiger partial charge in [0.2, 0.25) is 5.91 Å². The fraction of sp³-hybridized carbons (Fsp3) is 0.0800. The summed E-state index contributed by atoms with van der Waals surface area (Å²) < 4.78 is 14.4. The second-order valence-electron chi connectivity index (χ2n) is 7.64. The number of benzene rings is 3. The molecule has 1 aliphatic heterocycles. The number of nitriles is 1. The largest absolute Gasteiger partial charge is 0.321 e. The van der Waals surface area contributed by atoms with Crippen LogP contribution in [0.15, 0.2) is 87.9 Å². The number of nitrogens with one attached hydrogen (secondary N) is 1. The summed E-state index contributed by atoms with van der Waals surface area (Å²) in [5.41, 5.74) is 0.887. The van der Waals surface area contributed by atoms with Crippen LogP contribution in [0.5, 0.6) is 0 Å². The highest BCUT2D eigenvalue weighted by molar-refractivity contribution is 9.10. The Morgan fingerprint density at radius 1 is 1.17 bits per heavy atom. The first-order valence-corrected chi connectivity index (χ1v) is 12.1. The molecule has 0 radical (unpaired) electrons. The molecule has 1 atom stereocenters. The molecule has 0 spiro atoms. The maximum absolute atomic E-state index is 13.6. The van der Waals surface area contributed by atoms with Gasteiger partial charge in [0.05, 0.1) is 10.2 Å². The molecular formula is C25H16BrFN4O4S. The molecule has 0 aliphatic carbocycles. The predicted octanol–water partition coefficient (Wildman–Crippen LogP) is 5.56. The number of halogens is 2. The van der Waals surface area contributed by atoms with Crippen molar-refractivity contribution in [3.05, 3.63) is 109 Å². The van der Waals surface area contributed by atoms with Crippen LogP contribution in [0, 0.1) is 27.3 Å². The minimum absolute atomic E-state index is 0.0964. The number of rotatable bonds is 6. The molecule has 1 saturated heterocycles. The monoisotopic (exact) mass is 566 g/mol. The van der Waals surface area contributed by atoms with Crippen molar-refractivity contribution in [3.63, 3.8) is 0 Å². The number of thioether (sulfide) groups is 1. The van der Waals surface area contributed by atoms with E-state index in [1.165, 1.54) is 47.4 Å². The quantitative estimate of drug-likeness (QED) is 0.180. The fourth-order valence-electron chi connectivity index (χ4n) is 3.55. The smallest absolute Gasteiger partial charge is 0.269 e. The molecule has 11 heteroatoms. The van der Waals surface area contributed by atoms with Crippen LogP contribution in [0.3, 0.4) is 0 Å². The number of carbonyl (C=O) groups excluding carboxylic acids is 2. The highest BCUT2D eigenvalue weighted by Crippen LogP contribution is 2.42. The lowest BCUT2D eigenvalue weighted by molar-refractivity contribution is -0.384. The van der Waals surface area contributed by atoms with E-state index in [-0.39, 0.29) is 28.4 Å². The van der Waals surface area contributed by atoms with Crippen LogP contribution in [0.4, 0.5) is 21.5 Å². The lowest BCUT2D eigenvalue weighted by Crippen LogP contribution is -2.31. The number of hydrogen-bond acceptors (Lipinski definition) is 6. The number of nitro groups is 1. The zero-order valence-corrected chi connectivity index (χ0v) is 20.8. The molecule has 180 valence electrons. The Balaban J connectivity index is 1.72. The number of nitro benzene ring substituents is 1. The highest BCUT2D eigenvalue weighted by atomic mass is 79.9. The van der Waals surface area contributed by atoms with Crippen LogP contribution in [-0.4, -0.2) is 22.0 Å². The number of carbonyl (C=O) groups is 2. The first kappa shape index (κ1) is 25.1. The summed E-state index contributed by atoms with van der Waals surface area (Å²) >= 11 is 4.32. The van der Waals surface area contributed by atoms with Crippen LogP contribution in [0.25, 0.3) is 0 Å². The van der Waals surface area contributed by atoms with E-state index in [0.29, 0.717) is 11.3 Å². The predicted molar refractivity (Wildman–Crippen MR) is 137 cm³/mol. The van der Waals surface area contributed by atoms with Gasteiger partial charge in [0, 0.05) is 28.0 Å². The van der Waals surface area contributed by atoms with Gasteiger partial charge in [-0.2, -0.15) is 5.26 Å². The van der Waals surface area contributed by atoms with Gasteiger partial charge in [-0.05, 0) is 60.5 Å². The van der Waals surface area contributed by atoms with Crippen molar-refractivity contribution in [2.75, 3.05) is 10.2 Å². The topological polar surface area (TPSA) is 116 Å². The molecule has 8 nitrogen and oxygen atoms in total. The van der Waals surface area contributed by atoms with Crippen molar-refractivity contribution >= 4 is 56.6 Å². The minimum atomic E-state index is -0.768. The van der Waals surface area contributed by atoms with Crippen LogP contribution in [-0.2, 0) is 16.0 Å². The fourth-order valence-corrected chi connectivity index (χ4v) is 5.12. The average molecular weight is 567 g/mol. The normalized spacial score (nSPS) is 16.4. The number of nitrogens with zero attached hydrogens (tertiary/aromatic N) is 3. The van der Waals surface area contributed by atoms with Crippen LogP contribution in [0.2, 0.25) is 0 Å². The number of non-ortho nitro benzene ring substituents is 1. The molecule has 0 aromatic heterocycles. The van der Waals surface area contributed by atoms with E-state index in [4.69, 9.17) is 0 Å².